The maximum atomic E-state index is 12.3. The Morgan fingerprint density at radius 3 is 2.75 bits per heavy atom. The first-order chi connectivity index (χ1) is 11.3. The zero-order valence-electron chi connectivity index (χ0n) is 12.2. The number of ether oxygens (including phenoxy) is 1. The molecule has 0 atom stereocenters. The van der Waals surface area contributed by atoms with Gasteiger partial charge >= 0.3 is 0 Å². The number of carbonyl (C=O) groups is 1. The molecule has 8 nitrogen and oxygen atoms in total. The normalized spacial score (nSPS) is 10.7. The summed E-state index contributed by atoms with van der Waals surface area (Å²) in [5.74, 6) is -0.681. The average molecular weight is 452 g/mol. The van der Waals surface area contributed by atoms with Crippen molar-refractivity contribution in [2.24, 2.45) is 7.05 Å². The standard InChI is InChI=1S/C13H11F2IN4O4/c1-19-12(10(16)5-17-19)13(21)18-7-2-8(20(22)23)4-9(3-7)24-6-11(14)15/h2-5,11H,6H2,1H3,(H,18,21). The van der Waals surface area contributed by atoms with E-state index < -0.39 is 29.6 Å². The quantitative estimate of drug-likeness (QED) is 0.413. The van der Waals surface area contributed by atoms with E-state index in [1.807, 2.05) is 22.6 Å². The molecule has 1 aromatic heterocycles. The fourth-order valence-corrected chi connectivity index (χ4v) is 2.58. The number of hydrogen-bond donors (Lipinski definition) is 1. The molecule has 0 spiro atoms. The summed E-state index contributed by atoms with van der Waals surface area (Å²) in [7, 11) is 1.57. The lowest BCUT2D eigenvalue weighted by Crippen LogP contribution is -2.17. The van der Waals surface area contributed by atoms with Crippen LogP contribution < -0.4 is 10.1 Å². The molecule has 11 heteroatoms. The van der Waals surface area contributed by atoms with Crippen LogP contribution in [0.25, 0.3) is 0 Å². The lowest BCUT2D eigenvalue weighted by Gasteiger charge is -2.10. The van der Waals surface area contributed by atoms with Crippen molar-refractivity contribution in [3.63, 3.8) is 0 Å². The second-order valence-corrected chi connectivity index (χ2v) is 5.76. The fraction of sp³-hybridized carbons (Fsp3) is 0.231. The van der Waals surface area contributed by atoms with E-state index in [2.05, 4.69) is 10.4 Å². The van der Waals surface area contributed by atoms with Crippen LogP contribution in [0.3, 0.4) is 0 Å². The number of amides is 1. The Labute approximate surface area is 148 Å². The maximum Gasteiger partial charge on any atom is 0.275 e. The topological polar surface area (TPSA) is 99.3 Å². The highest BCUT2D eigenvalue weighted by Crippen LogP contribution is 2.27. The summed E-state index contributed by atoms with van der Waals surface area (Å²) in [4.78, 5) is 22.5. The Bertz CT molecular complexity index is 762. The van der Waals surface area contributed by atoms with Crippen LogP contribution in [0.1, 0.15) is 10.5 Å². The van der Waals surface area contributed by atoms with Crippen LogP contribution in [0, 0.1) is 13.7 Å². The smallest absolute Gasteiger partial charge is 0.275 e. The molecule has 0 saturated heterocycles. The molecule has 0 aliphatic rings. The van der Waals surface area contributed by atoms with E-state index >= 15 is 0 Å². The molecule has 1 amide bonds. The molecule has 2 aromatic rings. The van der Waals surface area contributed by atoms with Crippen molar-refractivity contribution in [2.45, 2.75) is 6.43 Å². The van der Waals surface area contributed by atoms with Crippen LogP contribution in [-0.2, 0) is 7.05 Å². The number of nitrogens with one attached hydrogen (secondary N) is 1. The van der Waals surface area contributed by atoms with Gasteiger partial charge in [0.2, 0.25) is 0 Å². The SMILES string of the molecule is Cn1ncc(I)c1C(=O)Nc1cc(OCC(F)F)cc([N+](=O)[O-])c1. The molecule has 24 heavy (non-hydrogen) atoms. The minimum absolute atomic E-state index is 0.0514. The molecule has 0 saturated carbocycles. The van der Waals surface area contributed by atoms with Gasteiger partial charge in [-0.25, -0.2) is 8.78 Å². The summed E-state index contributed by atoms with van der Waals surface area (Å²) >= 11 is 1.92. The van der Waals surface area contributed by atoms with Crippen molar-refractivity contribution in [3.05, 3.63) is 43.8 Å². The van der Waals surface area contributed by atoms with Crippen LogP contribution >= 0.6 is 22.6 Å². The van der Waals surface area contributed by atoms with Crippen molar-refractivity contribution in [1.82, 2.24) is 9.78 Å². The number of halogens is 3. The van der Waals surface area contributed by atoms with E-state index in [1.165, 1.54) is 16.9 Å². The molecule has 0 unspecified atom stereocenters. The van der Waals surface area contributed by atoms with Gasteiger partial charge in [-0.2, -0.15) is 5.10 Å². The van der Waals surface area contributed by atoms with Crippen molar-refractivity contribution in [1.29, 1.82) is 0 Å². The van der Waals surface area contributed by atoms with Crippen LogP contribution in [0.15, 0.2) is 24.4 Å². The zero-order valence-corrected chi connectivity index (χ0v) is 14.4. The number of aromatic nitrogens is 2. The van der Waals surface area contributed by atoms with Gasteiger partial charge in [-0.3, -0.25) is 19.6 Å². The van der Waals surface area contributed by atoms with Crippen molar-refractivity contribution < 1.29 is 23.2 Å². The molecule has 0 aliphatic carbocycles. The molecule has 1 N–H and O–H groups in total. The minimum Gasteiger partial charge on any atom is -0.487 e. The molecule has 1 heterocycles. The molecule has 128 valence electrons. The van der Waals surface area contributed by atoms with Gasteiger partial charge in [0, 0.05) is 19.2 Å². The van der Waals surface area contributed by atoms with Crippen LogP contribution in [0.4, 0.5) is 20.2 Å². The van der Waals surface area contributed by atoms with Crippen LogP contribution in [-0.4, -0.2) is 33.6 Å². The van der Waals surface area contributed by atoms with Gasteiger partial charge in [0.15, 0.2) is 0 Å². The third-order valence-corrected chi connectivity index (χ3v) is 3.63. The Balaban J connectivity index is 2.28. The number of rotatable bonds is 6. The molecule has 2 rings (SSSR count). The van der Waals surface area contributed by atoms with Gasteiger partial charge in [-0.15, -0.1) is 0 Å². The Hall–Kier alpha value is -2.31. The number of hydrogen-bond acceptors (Lipinski definition) is 5. The molecule has 0 radical (unpaired) electrons. The van der Waals surface area contributed by atoms with Gasteiger partial charge in [0.1, 0.15) is 18.1 Å². The third kappa shape index (κ3) is 4.37. The molecular weight excluding hydrogens is 441 g/mol. The average Bonchev–Trinajstić information content (AvgIpc) is 2.84. The van der Waals surface area contributed by atoms with Gasteiger partial charge in [0.05, 0.1) is 26.4 Å². The number of non-ortho nitro benzene ring substituents is 1. The lowest BCUT2D eigenvalue weighted by atomic mass is 10.2. The highest BCUT2D eigenvalue weighted by atomic mass is 127. The van der Waals surface area contributed by atoms with Gasteiger partial charge in [0.25, 0.3) is 18.0 Å². The molecule has 0 bridgehead atoms. The summed E-state index contributed by atoms with van der Waals surface area (Å²) < 4.78 is 31.2. The largest absolute Gasteiger partial charge is 0.487 e. The van der Waals surface area contributed by atoms with Gasteiger partial charge in [-0.05, 0) is 22.6 Å². The van der Waals surface area contributed by atoms with Crippen molar-refractivity contribution in [3.8, 4) is 5.75 Å². The van der Waals surface area contributed by atoms with E-state index in [4.69, 9.17) is 4.74 Å². The number of nitrogens with zero attached hydrogens (tertiary/aromatic N) is 3. The number of carbonyl (C=O) groups excluding carboxylic acids is 1. The van der Waals surface area contributed by atoms with Gasteiger partial charge < -0.3 is 10.1 Å². The first-order valence-electron chi connectivity index (χ1n) is 6.47. The van der Waals surface area contributed by atoms with E-state index in [0.29, 0.717) is 3.57 Å². The second kappa shape index (κ2) is 7.51. The number of anilines is 1. The first-order valence-corrected chi connectivity index (χ1v) is 7.55. The van der Waals surface area contributed by atoms with Crippen LogP contribution in [0.2, 0.25) is 0 Å². The predicted molar refractivity (Wildman–Crippen MR) is 88.5 cm³/mol. The first kappa shape index (κ1) is 18.0. The summed E-state index contributed by atoms with van der Waals surface area (Å²) in [5.41, 5.74) is -0.0793. The number of alkyl halides is 2. The summed E-state index contributed by atoms with van der Waals surface area (Å²) in [6.45, 7) is -0.909. The maximum absolute atomic E-state index is 12.3. The highest BCUT2D eigenvalue weighted by Gasteiger charge is 2.18. The number of nitro benzene ring substituents is 1. The second-order valence-electron chi connectivity index (χ2n) is 4.59. The van der Waals surface area contributed by atoms with Crippen molar-refractivity contribution >= 4 is 39.9 Å². The van der Waals surface area contributed by atoms with E-state index in [9.17, 15) is 23.7 Å². The minimum atomic E-state index is -2.72. The van der Waals surface area contributed by atoms with Crippen LogP contribution in [0.5, 0.6) is 5.75 Å². The molecule has 1 aromatic carbocycles. The summed E-state index contributed by atoms with van der Waals surface area (Å²) in [6, 6.07) is 3.35. The van der Waals surface area contributed by atoms with E-state index in [-0.39, 0.29) is 17.1 Å². The Kier molecular flexibility index (Phi) is 5.64. The fourth-order valence-electron chi connectivity index (χ4n) is 1.86. The van der Waals surface area contributed by atoms with Gasteiger partial charge in [-0.1, -0.05) is 0 Å². The number of nitro groups is 1. The lowest BCUT2D eigenvalue weighted by molar-refractivity contribution is -0.384. The summed E-state index contributed by atoms with van der Waals surface area (Å²) in [5, 5.41) is 17.3. The predicted octanol–water partition coefficient (Wildman–Crippen LogP) is 2.83. The molecule has 0 aliphatic heterocycles. The molecule has 0 fully saturated rings. The van der Waals surface area contributed by atoms with E-state index in [1.54, 1.807) is 7.05 Å². The summed E-state index contributed by atoms with van der Waals surface area (Å²) in [6.07, 6.45) is -1.24. The third-order valence-electron chi connectivity index (χ3n) is 2.85. The highest BCUT2D eigenvalue weighted by molar-refractivity contribution is 14.1. The van der Waals surface area contributed by atoms with Crippen molar-refractivity contribution in [2.75, 3.05) is 11.9 Å². The zero-order chi connectivity index (χ0) is 17.9. The number of aryl methyl sites for hydroxylation is 1. The number of benzene rings is 1. The van der Waals surface area contributed by atoms with E-state index in [0.717, 1.165) is 12.1 Å². The monoisotopic (exact) mass is 452 g/mol. The Morgan fingerprint density at radius 1 is 1.50 bits per heavy atom. The Morgan fingerprint density at radius 2 is 2.21 bits per heavy atom. The molecular formula is C13H11F2IN4O4.